The average Bonchev–Trinajstić information content (AvgIpc) is 2.51. The molecule has 0 saturated heterocycles. The number of rotatable bonds is 9. The zero-order valence-corrected chi connectivity index (χ0v) is 16.0. The van der Waals surface area contributed by atoms with Gasteiger partial charge in [-0.25, -0.2) is 8.42 Å². The lowest BCUT2D eigenvalue weighted by Gasteiger charge is -2.24. The van der Waals surface area contributed by atoms with Crippen LogP contribution in [0.3, 0.4) is 0 Å². The number of carbonyl (C=O) groups excluding carboxylic acids is 1. The van der Waals surface area contributed by atoms with Gasteiger partial charge in [-0.2, -0.15) is 0 Å². The number of benzene rings is 1. The van der Waals surface area contributed by atoms with Crippen molar-refractivity contribution in [2.75, 3.05) is 13.1 Å². The second-order valence-electron chi connectivity index (χ2n) is 6.79. The zero-order chi connectivity index (χ0) is 19.2. The molecule has 0 aliphatic rings. The number of carbonyl (C=O) groups is 2. The molecule has 0 saturated carbocycles. The molecule has 1 N–H and O–H groups in total. The Kier molecular flexibility index (Phi) is 7.60. The summed E-state index contributed by atoms with van der Waals surface area (Å²) >= 11 is 0. The van der Waals surface area contributed by atoms with Crippen LogP contribution < -0.4 is 0 Å². The number of carboxylic acids is 1. The Balaban J connectivity index is 2.84. The lowest BCUT2D eigenvalue weighted by atomic mass is 10.1. The van der Waals surface area contributed by atoms with Crippen molar-refractivity contribution in [3.8, 4) is 0 Å². The number of sulfone groups is 1. The van der Waals surface area contributed by atoms with Gasteiger partial charge in [0.1, 0.15) is 0 Å². The third-order valence-corrected chi connectivity index (χ3v) is 5.93. The summed E-state index contributed by atoms with van der Waals surface area (Å²) in [4.78, 5) is 25.0. The highest BCUT2D eigenvalue weighted by molar-refractivity contribution is 7.92. The summed E-state index contributed by atoms with van der Waals surface area (Å²) in [6.07, 6.45) is 0.0262. The minimum atomic E-state index is -3.33. The van der Waals surface area contributed by atoms with Gasteiger partial charge in [0.2, 0.25) is 5.91 Å². The molecule has 1 amide bonds. The van der Waals surface area contributed by atoms with Crippen molar-refractivity contribution in [2.24, 2.45) is 5.92 Å². The number of aliphatic carboxylic acids is 1. The van der Waals surface area contributed by atoms with Crippen LogP contribution in [-0.2, 0) is 25.8 Å². The molecule has 0 unspecified atom stereocenters. The number of nitrogens with zero attached hydrogens (tertiary/aromatic N) is 1. The van der Waals surface area contributed by atoms with Gasteiger partial charge in [-0.1, -0.05) is 26.0 Å². The molecule has 0 aliphatic carbocycles. The highest BCUT2D eigenvalue weighted by Gasteiger charge is 2.20. The summed E-state index contributed by atoms with van der Waals surface area (Å²) in [5, 5.41) is 8.32. The van der Waals surface area contributed by atoms with E-state index in [4.69, 9.17) is 5.11 Å². The Morgan fingerprint density at radius 1 is 1.08 bits per heavy atom. The number of amides is 1. The highest BCUT2D eigenvalue weighted by Crippen LogP contribution is 2.17. The van der Waals surface area contributed by atoms with Crippen LogP contribution in [0.1, 0.15) is 39.7 Å². The lowest BCUT2D eigenvalue weighted by Crippen LogP contribution is -2.37. The van der Waals surface area contributed by atoms with Crippen molar-refractivity contribution in [1.29, 1.82) is 0 Å². The van der Waals surface area contributed by atoms with Crippen LogP contribution >= 0.6 is 0 Å². The van der Waals surface area contributed by atoms with Crippen molar-refractivity contribution in [1.82, 2.24) is 4.90 Å². The number of carboxylic acid groups (broad SMARTS) is 1. The van der Waals surface area contributed by atoms with Gasteiger partial charge in [0.15, 0.2) is 9.84 Å². The van der Waals surface area contributed by atoms with Gasteiger partial charge in [0.05, 0.1) is 23.0 Å². The second kappa shape index (κ2) is 8.99. The summed E-state index contributed by atoms with van der Waals surface area (Å²) in [6, 6.07) is 6.31. The van der Waals surface area contributed by atoms with Crippen LogP contribution in [-0.4, -0.2) is 48.6 Å². The van der Waals surface area contributed by atoms with Crippen LogP contribution in [0.5, 0.6) is 0 Å². The van der Waals surface area contributed by atoms with E-state index in [0.29, 0.717) is 12.1 Å². The van der Waals surface area contributed by atoms with Crippen LogP contribution in [0.2, 0.25) is 0 Å². The van der Waals surface area contributed by atoms with Gasteiger partial charge in [-0.3, -0.25) is 9.59 Å². The Morgan fingerprint density at radius 3 is 2.08 bits per heavy atom. The molecule has 0 atom stereocenters. The largest absolute Gasteiger partial charge is 0.481 e. The van der Waals surface area contributed by atoms with Crippen molar-refractivity contribution >= 4 is 21.7 Å². The van der Waals surface area contributed by atoms with Gasteiger partial charge in [0, 0.05) is 13.1 Å². The van der Waals surface area contributed by atoms with E-state index in [2.05, 4.69) is 0 Å². The molecular formula is C18H27NO5S. The van der Waals surface area contributed by atoms with Gasteiger partial charge in [-0.05, 0) is 37.5 Å². The minimum absolute atomic E-state index is 0.0932. The first-order valence-corrected chi connectivity index (χ1v) is 9.91. The quantitative estimate of drug-likeness (QED) is 0.721. The van der Waals surface area contributed by atoms with Gasteiger partial charge in [0.25, 0.3) is 0 Å². The molecule has 0 bridgehead atoms. The van der Waals surface area contributed by atoms with Crippen LogP contribution in [0.15, 0.2) is 29.2 Å². The monoisotopic (exact) mass is 369 g/mol. The summed E-state index contributed by atoms with van der Waals surface area (Å²) in [5.74, 6) is -0.865. The average molecular weight is 369 g/mol. The summed E-state index contributed by atoms with van der Waals surface area (Å²) in [7, 11) is -3.33. The van der Waals surface area contributed by atoms with E-state index in [1.165, 1.54) is 12.1 Å². The van der Waals surface area contributed by atoms with E-state index in [0.717, 1.165) is 0 Å². The van der Waals surface area contributed by atoms with Crippen LogP contribution in [0, 0.1) is 5.92 Å². The lowest BCUT2D eigenvalue weighted by molar-refractivity contribution is -0.138. The van der Waals surface area contributed by atoms with E-state index in [1.54, 1.807) is 30.9 Å². The molecule has 6 nitrogen and oxygen atoms in total. The second-order valence-corrected chi connectivity index (χ2v) is 9.30. The first-order chi connectivity index (χ1) is 11.5. The third kappa shape index (κ3) is 6.49. The molecule has 0 aliphatic heterocycles. The van der Waals surface area contributed by atoms with Crippen molar-refractivity contribution in [3.05, 3.63) is 29.8 Å². The third-order valence-electron chi connectivity index (χ3n) is 3.76. The molecular weight excluding hydrogens is 342 g/mol. The van der Waals surface area contributed by atoms with E-state index in [-0.39, 0.29) is 36.1 Å². The maximum Gasteiger partial charge on any atom is 0.305 e. The SMILES string of the molecule is CC(C)CN(CCC(=O)O)C(=O)Cc1ccc(S(=O)(=O)C(C)C)cc1. The topological polar surface area (TPSA) is 91.8 Å². The van der Waals surface area contributed by atoms with Crippen molar-refractivity contribution in [2.45, 2.75) is 50.7 Å². The van der Waals surface area contributed by atoms with Gasteiger partial charge >= 0.3 is 5.97 Å². The summed E-state index contributed by atoms with van der Waals surface area (Å²) < 4.78 is 24.2. The molecule has 0 spiro atoms. The Morgan fingerprint density at radius 2 is 1.64 bits per heavy atom. The molecule has 1 aromatic carbocycles. The molecule has 140 valence electrons. The fourth-order valence-corrected chi connectivity index (χ4v) is 3.40. The smallest absolute Gasteiger partial charge is 0.305 e. The summed E-state index contributed by atoms with van der Waals surface area (Å²) in [6.45, 7) is 7.84. The Hall–Kier alpha value is -1.89. The fraction of sp³-hybridized carbons (Fsp3) is 0.556. The molecule has 25 heavy (non-hydrogen) atoms. The molecule has 0 aromatic heterocycles. The number of hydrogen-bond donors (Lipinski definition) is 1. The molecule has 0 radical (unpaired) electrons. The predicted octanol–water partition coefficient (Wildman–Crippen LogP) is 2.37. The molecule has 0 fully saturated rings. The fourth-order valence-electron chi connectivity index (χ4n) is 2.34. The van der Waals surface area contributed by atoms with Crippen molar-refractivity contribution < 1.29 is 23.1 Å². The van der Waals surface area contributed by atoms with E-state index >= 15 is 0 Å². The normalized spacial score (nSPS) is 11.8. The standard InChI is InChI=1S/C18H27NO5S/c1-13(2)12-19(10-9-18(21)22)17(20)11-15-5-7-16(8-6-15)25(23,24)14(3)4/h5-8,13-14H,9-12H2,1-4H3,(H,21,22). The van der Waals surface area contributed by atoms with Gasteiger partial charge < -0.3 is 10.0 Å². The maximum absolute atomic E-state index is 12.5. The molecule has 0 heterocycles. The number of hydrogen-bond acceptors (Lipinski definition) is 4. The molecule has 7 heteroatoms. The Bertz CT molecular complexity index is 693. The van der Waals surface area contributed by atoms with Crippen LogP contribution in [0.4, 0.5) is 0 Å². The van der Waals surface area contributed by atoms with E-state index < -0.39 is 21.1 Å². The molecule has 1 aromatic rings. The van der Waals surface area contributed by atoms with Crippen molar-refractivity contribution in [3.63, 3.8) is 0 Å². The first-order valence-electron chi connectivity index (χ1n) is 8.36. The van der Waals surface area contributed by atoms with Gasteiger partial charge in [-0.15, -0.1) is 0 Å². The zero-order valence-electron chi connectivity index (χ0n) is 15.2. The van der Waals surface area contributed by atoms with E-state index in [9.17, 15) is 18.0 Å². The summed E-state index contributed by atoms with van der Waals surface area (Å²) in [5.41, 5.74) is 0.705. The molecule has 1 rings (SSSR count). The highest BCUT2D eigenvalue weighted by atomic mass is 32.2. The Labute approximate surface area is 149 Å². The predicted molar refractivity (Wildman–Crippen MR) is 96.1 cm³/mol. The van der Waals surface area contributed by atoms with E-state index in [1.807, 2.05) is 13.8 Å². The maximum atomic E-state index is 12.5. The minimum Gasteiger partial charge on any atom is -0.481 e. The first kappa shape index (κ1) is 21.2. The van der Waals surface area contributed by atoms with Crippen LogP contribution in [0.25, 0.3) is 0 Å².